The third-order valence-electron chi connectivity index (χ3n) is 7.84. The van der Waals surface area contributed by atoms with E-state index < -0.39 is 35.1 Å². The van der Waals surface area contributed by atoms with Gasteiger partial charge in [-0.15, -0.1) is 0 Å². The third kappa shape index (κ3) is 5.45. The van der Waals surface area contributed by atoms with Gasteiger partial charge in [-0.3, -0.25) is 24.5 Å². The number of imide groups is 1. The predicted molar refractivity (Wildman–Crippen MR) is 174 cm³/mol. The van der Waals surface area contributed by atoms with Crippen LogP contribution < -0.4 is 4.90 Å². The fourth-order valence-electron chi connectivity index (χ4n) is 5.42. The van der Waals surface area contributed by atoms with Gasteiger partial charge in [0.15, 0.2) is 6.61 Å². The van der Waals surface area contributed by atoms with Crippen LogP contribution in [-0.4, -0.2) is 40.1 Å². The summed E-state index contributed by atoms with van der Waals surface area (Å²) in [5, 5.41) is 11.8. The number of halogens is 1. The molecule has 46 heavy (non-hydrogen) atoms. The Morgan fingerprint density at radius 1 is 0.935 bits per heavy atom. The quantitative estimate of drug-likeness (QED) is 0.0549. The molecule has 228 valence electrons. The Hall–Kier alpha value is -5.55. The summed E-state index contributed by atoms with van der Waals surface area (Å²) < 4.78 is 6.18. The van der Waals surface area contributed by atoms with Crippen LogP contribution in [0.1, 0.15) is 59.5 Å². The number of anilines is 1. The number of aryl methyl sites for hydroxylation is 2. The summed E-state index contributed by atoms with van der Waals surface area (Å²) in [6.07, 6.45) is 0.615. The molecule has 0 radical (unpaired) electrons. The highest BCUT2D eigenvalue weighted by Gasteiger charge is 2.36. The summed E-state index contributed by atoms with van der Waals surface area (Å²) in [5.74, 6) is -2.18. The Labute approximate surface area is 270 Å². The van der Waals surface area contributed by atoms with Gasteiger partial charge in [-0.05, 0) is 61.4 Å². The normalized spacial score (nSPS) is 12.4. The number of ether oxygens (including phenoxy) is 1. The second-order valence-electron chi connectivity index (χ2n) is 10.7. The van der Waals surface area contributed by atoms with E-state index in [2.05, 4.69) is 15.9 Å². The lowest BCUT2D eigenvalue weighted by atomic mass is 10.00. The molecule has 0 spiro atoms. The molecule has 2 heterocycles. The summed E-state index contributed by atoms with van der Waals surface area (Å²) in [4.78, 5) is 69.1. The van der Waals surface area contributed by atoms with Gasteiger partial charge in [-0.25, -0.2) is 14.7 Å². The average Bonchev–Trinajstić information content (AvgIpc) is 3.31. The van der Waals surface area contributed by atoms with Gasteiger partial charge in [0.2, 0.25) is 5.78 Å². The lowest BCUT2D eigenvalue weighted by molar-refractivity contribution is -0.385. The highest BCUT2D eigenvalue weighted by molar-refractivity contribution is 9.10. The van der Waals surface area contributed by atoms with Crippen LogP contribution in [0, 0.1) is 17.0 Å². The van der Waals surface area contributed by atoms with Crippen LogP contribution in [0.15, 0.2) is 89.4 Å². The number of ketones is 1. The molecule has 1 aromatic heterocycles. The second kappa shape index (κ2) is 12.1. The summed E-state index contributed by atoms with van der Waals surface area (Å²) in [6.45, 7) is 2.91. The fraction of sp³-hybridized carbons (Fsp3) is 0.114. The van der Waals surface area contributed by atoms with Crippen molar-refractivity contribution >= 4 is 61.8 Å². The minimum Gasteiger partial charge on any atom is -0.454 e. The lowest BCUT2D eigenvalue weighted by Crippen LogP contribution is -2.29. The zero-order valence-corrected chi connectivity index (χ0v) is 26.2. The molecular weight excluding hydrogens is 654 g/mol. The van der Waals surface area contributed by atoms with Crippen molar-refractivity contribution in [1.29, 1.82) is 0 Å². The summed E-state index contributed by atoms with van der Waals surface area (Å²) in [6, 6.07) is 22.7. The van der Waals surface area contributed by atoms with Crippen molar-refractivity contribution in [3.05, 3.63) is 133 Å². The zero-order valence-electron chi connectivity index (χ0n) is 24.6. The number of Topliss-reactive ketones (excluding diaryl/α,β-unsaturated/α-hetero) is 1. The number of esters is 1. The number of carbonyl (C=O) groups excluding carboxylic acids is 4. The first-order valence-corrected chi connectivity index (χ1v) is 15.0. The van der Waals surface area contributed by atoms with Crippen LogP contribution in [0.5, 0.6) is 0 Å². The van der Waals surface area contributed by atoms with Gasteiger partial charge in [0.1, 0.15) is 0 Å². The molecule has 1 aliphatic rings. The van der Waals surface area contributed by atoms with Gasteiger partial charge >= 0.3 is 5.97 Å². The molecule has 0 saturated carbocycles. The van der Waals surface area contributed by atoms with E-state index in [1.165, 1.54) is 18.2 Å². The van der Waals surface area contributed by atoms with Crippen molar-refractivity contribution in [2.45, 2.75) is 20.3 Å². The monoisotopic (exact) mass is 677 g/mol. The van der Waals surface area contributed by atoms with Gasteiger partial charge in [0, 0.05) is 32.6 Å². The molecule has 0 saturated heterocycles. The Balaban J connectivity index is 1.33. The van der Waals surface area contributed by atoms with Crippen molar-refractivity contribution in [3.63, 3.8) is 0 Å². The van der Waals surface area contributed by atoms with Gasteiger partial charge in [0.25, 0.3) is 17.5 Å². The van der Waals surface area contributed by atoms with E-state index in [-0.39, 0.29) is 16.8 Å². The molecule has 0 N–H and O–H groups in total. The number of nitro benzene ring substituents is 1. The van der Waals surface area contributed by atoms with Crippen LogP contribution in [-0.2, 0) is 11.2 Å². The Morgan fingerprint density at radius 2 is 1.61 bits per heavy atom. The second-order valence-corrected chi connectivity index (χ2v) is 11.6. The molecule has 2 amide bonds. The van der Waals surface area contributed by atoms with Crippen molar-refractivity contribution in [2.24, 2.45) is 0 Å². The molecule has 1 aliphatic heterocycles. The van der Waals surface area contributed by atoms with Crippen LogP contribution in [0.3, 0.4) is 0 Å². The van der Waals surface area contributed by atoms with E-state index in [9.17, 15) is 29.3 Å². The fourth-order valence-corrected chi connectivity index (χ4v) is 5.93. The van der Waals surface area contributed by atoms with Crippen LogP contribution in [0.4, 0.5) is 11.4 Å². The predicted octanol–water partition coefficient (Wildman–Crippen LogP) is 7.28. The number of nitrogens with zero attached hydrogens (tertiary/aromatic N) is 3. The largest absolute Gasteiger partial charge is 0.454 e. The van der Waals surface area contributed by atoms with E-state index in [1.54, 1.807) is 67.6 Å². The van der Waals surface area contributed by atoms with E-state index in [4.69, 9.17) is 9.72 Å². The van der Waals surface area contributed by atoms with E-state index in [1.807, 2.05) is 13.0 Å². The van der Waals surface area contributed by atoms with E-state index >= 15 is 0 Å². The number of aromatic nitrogens is 1. The molecule has 5 aromatic rings. The molecule has 4 aromatic carbocycles. The molecule has 6 rings (SSSR count). The minimum atomic E-state index is -0.772. The van der Waals surface area contributed by atoms with Crippen molar-refractivity contribution < 1.29 is 28.8 Å². The van der Waals surface area contributed by atoms with Gasteiger partial charge < -0.3 is 4.74 Å². The number of nitro groups is 1. The first-order chi connectivity index (χ1) is 22.1. The molecule has 0 unspecified atom stereocenters. The van der Waals surface area contributed by atoms with E-state index in [0.717, 1.165) is 14.9 Å². The third-order valence-corrected chi connectivity index (χ3v) is 8.29. The van der Waals surface area contributed by atoms with Crippen molar-refractivity contribution in [3.8, 4) is 11.3 Å². The lowest BCUT2D eigenvalue weighted by Gasteiger charge is -2.15. The van der Waals surface area contributed by atoms with Crippen molar-refractivity contribution in [2.75, 3.05) is 11.5 Å². The number of amides is 2. The maximum atomic E-state index is 13.5. The Bertz CT molecular complexity index is 2090. The molecule has 0 atom stereocenters. The molecule has 0 aliphatic carbocycles. The van der Waals surface area contributed by atoms with Crippen LogP contribution in [0.2, 0.25) is 0 Å². The minimum absolute atomic E-state index is 0.0551. The highest BCUT2D eigenvalue weighted by Crippen LogP contribution is 2.33. The van der Waals surface area contributed by atoms with Crippen LogP contribution in [0.25, 0.3) is 22.2 Å². The van der Waals surface area contributed by atoms with Crippen LogP contribution >= 0.6 is 15.9 Å². The maximum absolute atomic E-state index is 13.5. The Kier molecular flexibility index (Phi) is 8.01. The molecule has 10 nitrogen and oxygen atoms in total. The van der Waals surface area contributed by atoms with Gasteiger partial charge in [-0.2, -0.15) is 0 Å². The zero-order chi connectivity index (χ0) is 32.7. The molecular formula is C35H24BrN3O7. The SMILES string of the molecule is CCc1cc(Br)cc2c(C(=O)OCC(=O)c3ccc(C)c([N+](=O)[O-])c3)cc(-c3ccc(N4C(=O)c5ccccc5C4=O)cc3)nc12. The van der Waals surface area contributed by atoms with Gasteiger partial charge in [-0.1, -0.05) is 59.3 Å². The first kappa shape index (κ1) is 30.5. The number of rotatable bonds is 8. The smallest absolute Gasteiger partial charge is 0.339 e. The number of hydrogen-bond acceptors (Lipinski definition) is 8. The topological polar surface area (TPSA) is 137 Å². The standard InChI is InChI=1S/C35H24BrN3O7/c1-3-20-14-23(36)16-27-28(35(43)46-18-31(40)22-9-8-19(2)30(15-22)39(44)45)17-29(37-32(20)27)21-10-12-24(13-11-21)38-33(41)25-6-4-5-7-26(25)34(38)42/h4-17H,3,18H2,1-2H3. The number of fused-ring (bicyclic) bond motifs is 2. The first-order valence-electron chi connectivity index (χ1n) is 14.2. The Morgan fingerprint density at radius 3 is 2.24 bits per heavy atom. The average molecular weight is 678 g/mol. The number of benzene rings is 4. The van der Waals surface area contributed by atoms with Gasteiger partial charge in [0.05, 0.1) is 38.5 Å². The molecule has 11 heteroatoms. The summed E-state index contributed by atoms with van der Waals surface area (Å²) in [5.41, 5.74) is 3.99. The number of pyridine rings is 1. The summed E-state index contributed by atoms with van der Waals surface area (Å²) >= 11 is 3.50. The number of carbonyl (C=O) groups is 4. The number of hydrogen-bond donors (Lipinski definition) is 0. The molecule has 0 bridgehead atoms. The van der Waals surface area contributed by atoms with E-state index in [0.29, 0.717) is 51.0 Å². The highest BCUT2D eigenvalue weighted by atomic mass is 79.9. The maximum Gasteiger partial charge on any atom is 0.339 e. The molecule has 0 fully saturated rings. The van der Waals surface area contributed by atoms with Crippen molar-refractivity contribution in [1.82, 2.24) is 4.98 Å². The summed E-state index contributed by atoms with van der Waals surface area (Å²) in [7, 11) is 0.